The van der Waals surface area contributed by atoms with Crippen LogP contribution in [0.5, 0.6) is 0 Å². The highest BCUT2D eigenvalue weighted by molar-refractivity contribution is 6.30. The number of hydrogen-bond donors (Lipinski definition) is 2. The number of halogens is 1. The van der Waals surface area contributed by atoms with Gasteiger partial charge in [0.2, 0.25) is 11.8 Å². The Labute approximate surface area is 227 Å². The first-order valence-corrected chi connectivity index (χ1v) is 14.5. The Morgan fingerprint density at radius 3 is 2.46 bits per heavy atom. The van der Waals surface area contributed by atoms with Crippen LogP contribution < -0.4 is 10.6 Å². The van der Waals surface area contributed by atoms with E-state index in [0.717, 1.165) is 82.3 Å². The lowest BCUT2D eigenvalue weighted by atomic mass is 9.68. The Morgan fingerprint density at radius 2 is 1.76 bits per heavy atom. The lowest BCUT2D eigenvalue weighted by Gasteiger charge is -2.36. The number of anilines is 1. The van der Waals surface area contributed by atoms with Gasteiger partial charge in [-0.2, -0.15) is 0 Å². The molecule has 2 fully saturated rings. The fourth-order valence-electron chi connectivity index (χ4n) is 6.06. The molecule has 0 spiro atoms. The Bertz CT molecular complexity index is 1030. The van der Waals surface area contributed by atoms with E-state index >= 15 is 0 Å². The van der Waals surface area contributed by atoms with Crippen LogP contribution in [0.1, 0.15) is 88.2 Å². The molecule has 200 valence electrons. The van der Waals surface area contributed by atoms with Crippen LogP contribution in [-0.2, 0) is 15.0 Å². The zero-order chi connectivity index (χ0) is 26.1. The molecule has 5 nitrogen and oxygen atoms in total. The first kappa shape index (κ1) is 27.7. The van der Waals surface area contributed by atoms with Gasteiger partial charge in [-0.3, -0.25) is 9.59 Å². The SMILES string of the molecule is CCCC(=O)Nc1cccc(C2CCN(CCCNC(=O)C3(c4ccc(Cl)cc4)CCCCC3)CC2)c1. The van der Waals surface area contributed by atoms with E-state index in [1.165, 1.54) is 12.0 Å². The molecule has 4 rings (SSSR count). The Kier molecular flexibility index (Phi) is 10.0. The van der Waals surface area contributed by atoms with Gasteiger partial charge in [-0.05, 0) is 99.5 Å². The highest BCUT2D eigenvalue weighted by Crippen LogP contribution is 2.40. The van der Waals surface area contributed by atoms with Crippen LogP contribution in [0.2, 0.25) is 5.02 Å². The average Bonchev–Trinajstić information content (AvgIpc) is 2.92. The second-order valence-corrected chi connectivity index (χ2v) is 11.2. The molecule has 0 atom stereocenters. The maximum Gasteiger partial charge on any atom is 0.230 e. The maximum absolute atomic E-state index is 13.4. The number of rotatable bonds is 10. The molecule has 1 heterocycles. The summed E-state index contributed by atoms with van der Waals surface area (Å²) >= 11 is 6.11. The molecule has 0 aromatic heterocycles. The molecule has 2 aliphatic rings. The summed E-state index contributed by atoms with van der Waals surface area (Å²) in [5.74, 6) is 0.799. The third-order valence-electron chi connectivity index (χ3n) is 8.18. The van der Waals surface area contributed by atoms with E-state index < -0.39 is 5.41 Å². The standard InChI is InChI=1S/C31H42ClN3O2/c1-2-8-29(36)34-28-10-6-9-25(23-28)24-15-21-35(22-16-24)20-7-19-33-30(37)31(17-4-3-5-18-31)26-11-13-27(32)14-12-26/h6,9-14,23-24H,2-5,7-8,15-22H2,1H3,(H,33,37)(H,34,36). The second kappa shape index (κ2) is 13.4. The average molecular weight is 524 g/mol. The van der Waals surface area contributed by atoms with Crippen LogP contribution in [0, 0.1) is 0 Å². The molecule has 0 unspecified atom stereocenters. The normalized spacial score (nSPS) is 18.3. The van der Waals surface area contributed by atoms with Gasteiger partial charge in [-0.15, -0.1) is 0 Å². The van der Waals surface area contributed by atoms with Crippen molar-refractivity contribution < 1.29 is 9.59 Å². The number of benzene rings is 2. The number of carbonyl (C=O) groups is 2. The van der Waals surface area contributed by atoms with Gasteiger partial charge in [0.05, 0.1) is 5.41 Å². The number of nitrogens with one attached hydrogen (secondary N) is 2. The van der Waals surface area contributed by atoms with Crippen LogP contribution in [0.25, 0.3) is 0 Å². The van der Waals surface area contributed by atoms with Crippen LogP contribution in [0.3, 0.4) is 0 Å². The van der Waals surface area contributed by atoms with Crippen molar-refractivity contribution in [3.05, 3.63) is 64.7 Å². The Morgan fingerprint density at radius 1 is 1.03 bits per heavy atom. The second-order valence-electron chi connectivity index (χ2n) is 10.8. The molecule has 1 saturated heterocycles. The molecule has 0 radical (unpaired) electrons. The topological polar surface area (TPSA) is 61.4 Å². The summed E-state index contributed by atoms with van der Waals surface area (Å²) in [7, 11) is 0. The minimum atomic E-state index is -0.411. The quantitative estimate of drug-likeness (QED) is 0.342. The summed E-state index contributed by atoms with van der Waals surface area (Å²) in [5, 5.41) is 7.02. The van der Waals surface area contributed by atoms with Gasteiger partial charge < -0.3 is 15.5 Å². The van der Waals surface area contributed by atoms with Crippen LogP contribution in [-0.4, -0.2) is 42.9 Å². The Balaban J connectivity index is 1.22. The lowest BCUT2D eigenvalue weighted by molar-refractivity contribution is -0.128. The minimum absolute atomic E-state index is 0.0872. The van der Waals surface area contributed by atoms with Crippen molar-refractivity contribution in [2.45, 2.75) is 82.5 Å². The summed E-state index contributed by atoms with van der Waals surface area (Å²) in [6, 6.07) is 16.2. The maximum atomic E-state index is 13.4. The zero-order valence-electron chi connectivity index (χ0n) is 22.2. The van der Waals surface area contributed by atoms with Gasteiger partial charge in [0, 0.05) is 23.7 Å². The molecular weight excluding hydrogens is 482 g/mol. The molecule has 0 bridgehead atoms. The van der Waals surface area contributed by atoms with Gasteiger partial charge in [-0.25, -0.2) is 0 Å². The van der Waals surface area contributed by atoms with E-state index in [-0.39, 0.29) is 11.8 Å². The number of amides is 2. The van der Waals surface area contributed by atoms with E-state index in [9.17, 15) is 9.59 Å². The predicted molar refractivity (Wildman–Crippen MR) is 152 cm³/mol. The van der Waals surface area contributed by atoms with Crippen molar-refractivity contribution >= 4 is 29.1 Å². The summed E-state index contributed by atoms with van der Waals surface area (Å²) in [4.78, 5) is 27.9. The Hall–Kier alpha value is -2.37. The van der Waals surface area contributed by atoms with Crippen LogP contribution in [0.15, 0.2) is 48.5 Å². The molecule has 1 saturated carbocycles. The van der Waals surface area contributed by atoms with Gasteiger partial charge >= 0.3 is 0 Å². The molecule has 2 amide bonds. The number of piperidine rings is 1. The van der Waals surface area contributed by atoms with Crippen molar-refractivity contribution in [3.63, 3.8) is 0 Å². The summed E-state index contributed by atoms with van der Waals surface area (Å²) in [6.07, 6.45) is 9.86. The number of carbonyl (C=O) groups excluding carboxylic acids is 2. The van der Waals surface area contributed by atoms with Gasteiger partial charge in [-0.1, -0.05) is 62.1 Å². The van der Waals surface area contributed by atoms with E-state index in [1.54, 1.807) is 0 Å². The molecule has 2 aromatic carbocycles. The molecular formula is C31H42ClN3O2. The predicted octanol–water partition coefficient (Wildman–Crippen LogP) is 6.67. The van der Waals surface area contributed by atoms with Crippen LogP contribution >= 0.6 is 11.6 Å². The first-order valence-electron chi connectivity index (χ1n) is 14.2. The molecule has 37 heavy (non-hydrogen) atoms. The summed E-state index contributed by atoms with van der Waals surface area (Å²) < 4.78 is 0. The fourth-order valence-corrected chi connectivity index (χ4v) is 6.18. The van der Waals surface area contributed by atoms with E-state index in [2.05, 4.69) is 33.7 Å². The van der Waals surface area contributed by atoms with E-state index in [1.807, 2.05) is 37.3 Å². The van der Waals surface area contributed by atoms with Gasteiger partial charge in [0.1, 0.15) is 0 Å². The monoisotopic (exact) mass is 523 g/mol. The van der Waals surface area contributed by atoms with Gasteiger partial charge in [0.25, 0.3) is 0 Å². The third kappa shape index (κ3) is 7.36. The molecule has 1 aliphatic heterocycles. The highest BCUT2D eigenvalue weighted by atomic mass is 35.5. The van der Waals surface area contributed by atoms with Crippen molar-refractivity contribution in [2.24, 2.45) is 0 Å². The summed E-state index contributed by atoms with van der Waals surface area (Å²) in [6.45, 7) is 5.88. The minimum Gasteiger partial charge on any atom is -0.355 e. The smallest absolute Gasteiger partial charge is 0.230 e. The molecule has 2 N–H and O–H groups in total. The van der Waals surface area contributed by atoms with Crippen molar-refractivity contribution in [1.82, 2.24) is 10.2 Å². The highest BCUT2D eigenvalue weighted by Gasteiger charge is 2.40. The van der Waals surface area contributed by atoms with Crippen molar-refractivity contribution in [2.75, 3.05) is 31.5 Å². The number of nitrogens with zero attached hydrogens (tertiary/aromatic N) is 1. The van der Waals surface area contributed by atoms with E-state index in [0.29, 0.717) is 23.9 Å². The molecule has 1 aliphatic carbocycles. The number of hydrogen-bond acceptors (Lipinski definition) is 3. The molecule has 6 heteroatoms. The summed E-state index contributed by atoms with van der Waals surface area (Å²) in [5.41, 5.74) is 2.92. The van der Waals surface area contributed by atoms with Crippen LogP contribution in [0.4, 0.5) is 5.69 Å². The van der Waals surface area contributed by atoms with Crippen molar-refractivity contribution in [1.29, 1.82) is 0 Å². The lowest BCUT2D eigenvalue weighted by Crippen LogP contribution is -2.46. The van der Waals surface area contributed by atoms with Gasteiger partial charge in [0.15, 0.2) is 0 Å². The number of likely N-dealkylation sites (tertiary alicyclic amines) is 1. The fraction of sp³-hybridized carbons (Fsp3) is 0.548. The third-order valence-corrected chi connectivity index (χ3v) is 8.43. The van der Waals surface area contributed by atoms with Crippen molar-refractivity contribution in [3.8, 4) is 0 Å². The molecule has 2 aromatic rings. The largest absolute Gasteiger partial charge is 0.355 e. The van der Waals surface area contributed by atoms with E-state index in [4.69, 9.17) is 11.6 Å². The first-order chi connectivity index (χ1) is 18.0. The zero-order valence-corrected chi connectivity index (χ0v) is 23.0.